The lowest BCUT2D eigenvalue weighted by molar-refractivity contribution is 0.0598. The van der Waals surface area contributed by atoms with Gasteiger partial charge in [-0.25, -0.2) is 4.79 Å². The molecule has 1 aliphatic rings. The van der Waals surface area contributed by atoms with E-state index in [0.29, 0.717) is 33.4 Å². The normalized spacial score (nSPS) is 16.5. The number of furan rings is 1. The van der Waals surface area contributed by atoms with Crippen LogP contribution in [0.5, 0.6) is 0 Å². The van der Waals surface area contributed by atoms with Gasteiger partial charge in [-0.3, -0.25) is 4.79 Å². The quantitative estimate of drug-likeness (QED) is 0.832. The zero-order valence-corrected chi connectivity index (χ0v) is 12.7. The van der Waals surface area contributed by atoms with E-state index in [-0.39, 0.29) is 5.91 Å². The lowest BCUT2D eigenvalue weighted by Gasteiger charge is -2.26. The molecule has 0 unspecified atom stereocenters. The van der Waals surface area contributed by atoms with E-state index in [1.807, 2.05) is 0 Å². The number of nitrogens with one attached hydrogen (secondary N) is 2. The summed E-state index contributed by atoms with van der Waals surface area (Å²) in [7, 11) is 1.30. The maximum Gasteiger partial charge on any atom is 0.341 e. The molecule has 22 heavy (non-hydrogen) atoms. The minimum Gasteiger partial charge on any atom is -0.465 e. The Labute approximate surface area is 131 Å². The van der Waals surface area contributed by atoms with Crippen LogP contribution in [0, 0.1) is 6.92 Å². The smallest absolute Gasteiger partial charge is 0.341 e. The molecule has 0 bridgehead atoms. The van der Waals surface area contributed by atoms with E-state index in [1.165, 1.54) is 7.11 Å². The van der Waals surface area contributed by atoms with Crippen molar-refractivity contribution in [2.45, 2.75) is 13.1 Å². The first-order chi connectivity index (χ1) is 10.5. The summed E-state index contributed by atoms with van der Waals surface area (Å²) in [5.74, 6) is 0.105. The van der Waals surface area contributed by atoms with Gasteiger partial charge in [0.25, 0.3) is 5.91 Å². The lowest BCUT2D eigenvalue weighted by atomic mass is 10.1. The minimum atomic E-state index is -0.587. The van der Waals surface area contributed by atoms with Crippen LogP contribution in [-0.4, -0.2) is 19.0 Å². The Morgan fingerprint density at radius 1 is 1.32 bits per heavy atom. The van der Waals surface area contributed by atoms with Crippen LogP contribution in [0.15, 0.2) is 28.7 Å². The summed E-state index contributed by atoms with van der Waals surface area (Å²) >= 11 is 5.95. The van der Waals surface area contributed by atoms with Crippen molar-refractivity contribution >= 4 is 29.2 Å². The summed E-state index contributed by atoms with van der Waals surface area (Å²) in [6.07, 6.45) is -0.587. The van der Waals surface area contributed by atoms with Gasteiger partial charge in [-0.1, -0.05) is 11.6 Å². The van der Waals surface area contributed by atoms with Gasteiger partial charge in [-0.05, 0) is 31.2 Å². The molecule has 6 nitrogen and oxygen atoms in total. The number of aryl methyl sites for hydroxylation is 1. The minimum absolute atomic E-state index is 0.246. The average Bonchev–Trinajstić information content (AvgIpc) is 2.88. The lowest BCUT2D eigenvalue weighted by Crippen LogP contribution is -2.38. The zero-order chi connectivity index (χ0) is 15.9. The van der Waals surface area contributed by atoms with E-state index in [0.717, 1.165) is 0 Å². The number of esters is 1. The number of anilines is 1. The van der Waals surface area contributed by atoms with Crippen LogP contribution in [0.4, 0.5) is 5.69 Å². The number of rotatable bonds is 2. The maximum absolute atomic E-state index is 12.1. The molecule has 1 aromatic carbocycles. The van der Waals surface area contributed by atoms with Crippen LogP contribution in [0.1, 0.15) is 38.4 Å². The van der Waals surface area contributed by atoms with Gasteiger partial charge in [0, 0.05) is 5.02 Å². The molecular formula is C15H13ClN2O4. The van der Waals surface area contributed by atoms with E-state index < -0.39 is 12.1 Å². The van der Waals surface area contributed by atoms with Gasteiger partial charge in [0.2, 0.25) is 0 Å². The number of methoxy groups -OCH3 is 1. The standard InChI is InChI=1S/C15H13ClN2O4/c1-7-10(15(20)21-2)6-12(22-7)13-17-11-5-8(16)3-4-9(11)14(19)18-13/h3-6,13,17H,1-2H3,(H,18,19)/t13-/m0/s1. The van der Waals surface area contributed by atoms with E-state index >= 15 is 0 Å². The number of carbonyl (C=O) groups excluding carboxylic acids is 2. The highest BCUT2D eigenvalue weighted by Crippen LogP contribution is 2.30. The molecule has 2 N–H and O–H groups in total. The Morgan fingerprint density at radius 2 is 2.09 bits per heavy atom. The zero-order valence-electron chi connectivity index (χ0n) is 11.9. The van der Waals surface area contributed by atoms with Crippen LogP contribution >= 0.6 is 11.6 Å². The fourth-order valence-corrected chi connectivity index (χ4v) is 2.51. The van der Waals surface area contributed by atoms with Crippen molar-refractivity contribution in [3.63, 3.8) is 0 Å². The monoisotopic (exact) mass is 320 g/mol. The predicted molar refractivity (Wildman–Crippen MR) is 80.1 cm³/mol. The molecule has 0 aliphatic carbocycles. The van der Waals surface area contributed by atoms with Gasteiger partial charge in [0.1, 0.15) is 17.1 Å². The number of fused-ring (bicyclic) bond motifs is 1. The Morgan fingerprint density at radius 3 is 2.82 bits per heavy atom. The molecule has 0 saturated heterocycles. The van der Waals surface area contributed by atoms with E-state index in [9.17, 15) is 9.59 Å². The highest BCUT2D eigenvalue weighted by molar-refractivity contribution is 6.31. The van der Waals surface area contributed by atoms with Crippen molar-refractivity contribution in [1.82, 2.24) is 5.32 Å². The molecular weight excluding hydrogens is 308 g/mol. The van der Waals surface area contributed by atoms with Crippen LogP contribution in [-0.2, 0) is 4.74 Å². The number of amides is 1. The molecule has 1 amide bonds. The Hall–Kier alpha value is -2.47. The fourth-order valence-electron chi connectivity index (χ4n) is 2.34. The second-order valence-electron chi connectivity index (χ2n) is 4.85. The Balaban J connectivity index is 1.94. The third kappa shape index (κ3) is 2.42. The molecule has 0 saturated carbocycles. The third-order valence-electron chi connectivity index (χ3n) is 3.43. The average molecular weight is 321 g/mol. The molecule has 2 heterocycles. The maximum atomic E-state index is 12.1. The van der Waals surface area contributed by atoms with E-state index in [4.69, 9.17) is 16.0 Å². The number of carbonyl (C=O) groups is 2. The van der Waals surface area contributed by atoms with Crippen molar-refractivity contribution in [3.05, 3.63) is 51.9 Å². The van der Waals surface area contributed by atoms with Gasteiger partial charge in [-0.2, -0.15) is 0 Å². The molecule has 0 spiro atoms. The summed E-state index contributed by atoms with van der Waals surface area (Å²) in [6.45, 7) is 1.66. The Bertz CT molecular complexity index is 769. The second-order valence-corrected chi connectivity index (χ2v) is 5.29. The SMILES string of the molecule is COC(=O)c1cc([C@@H]2NC(=O)c3ccc(Cl)cc3N2)oc1C. The number of benzene rings is 1. The van der Waals surface area contributed by atoms with Gasteiger partial charge in [0.15, 0.2) is 6.17 Å². The number of hydrogen-bond donors (Lipinski definition) is 2. The number of ether oxygens (including phenoxy) is 1. The number of halogens is 1. The molecule has 1 aliphatic heterocycles. The highest BCUT2D eigenvalue weighted by Gasteiger charge is 2.28. The molecule has 114 valence electrons. The molecule has 1 aromatic heterocycles. The first-order valence-corrected chi connectivity index (χ1v) is 6.93. The molecule has 2 aromatic rings. The van der Waals surface area contributed by atoms with Crippen LogP contribution in [0.2, 0.25) is 5.02 Å². The van der Waals surface area contributed by atoms with Gasteiger partial charge in [0.05, 0.1) is 18.4 Å². The molecule has 3 rings (SSSR count). The van der Waals surface area contributed by atoms with Crippen molar-refractivity contribution in [1.29, 1.82) is 0 Å². The van der Waals surface area contributed by atoms with Crippen LogP contribution in [0.3, 0.4) is 0 Å². The molecule has 0 radical (unpaired) electrons. The fraction of sp³-hybridized carbons (Fsp3) is 0.200. The van der Waals surface area contributed by atoms with Crippen molar-refractivity contribution < 1.29 is 18.7 Å². The predicted octanol–water partition coefficient (Wildman–Crippen LogP) is 2.88. The first kappa shape index (κ1) is 14.5. The van der Waals surface area contributed by atoms with Gasteiger partial charge < -0.3 is 19.8 Å². The van der Waals surface area contributed by atoms with Crippen LogP contribution in [0.25, 0.3) is 0 Å². The van der Waals surface area contributed by atoms with Crippen molar-refractivity contribution in [2.24, 2.45) is 0 Å². The third-order valence-corrected chi connectivity index (χ3v) is 3.66. The van der Waals surface area contributed by atoms with E-state index in [1.54, 1.807) is 31.2 Å². The Kier molecular flexibility index (Phi) is 3.54. The van der Waals surface area contributed by atoms with E-state index in [2.05, 4.69) is 15.4 Å². The van der Waals surface area contributed by atoms with Crippen molar-refractivity contribution in [2.75, 3.05) is 12.4 Å². The largest absolute Gasteiger partial charge is 0.465 e. The summed E-state index contributed by atoms with van der Waals surface area (Å²) in [4.78, 5) is 23.8. The summed E-state index contributed by atoms with van der Waals surface area (Å²) in [6, 6.07) is 6.51. The topological polar surface area (TPSA) is 80.6 Å². The van der Waals surface area contributed by atoms with Gasteiger partial charge in [-0.15, -0.1) is 0 Å². The van der Waals surface area contributed by atoms with Crippen molar-refractivity contribution in [3.8, 4) is 0 Å². The van der Waals surface area contributed by atoms with Gasteiger partial charge >= 0.3 is 5.97 Å². The molecule has 0 fully saturated rings. The highest BCUT2D eigenvalue weighted by atomic mass is 35.5. The summed E-state index contributed by atoms with van der Waals surface area (Å²) < 4.78 is 10.2. The number of hydrogen-bond acceptors (Lipinski definition) is 5. The van der Waals surface area contributed by atoms with Crippen LogP contribution < -0.4 is 10.6 Å². The summed E-state index contributed by atoms with van der Waals surface area (Å²) in [5.41, 5.74) is 1.43. The second kappa shape index (κ2) is 5.38. The first-order valence-electron chi connectivity index (χ1n) is 6.55. The molecule has 7 heteroatoms. The summed E-state index contributed by atoms with van der Waals surface area (Å²) in [5, 5.41) is 6.41. The molecule has 1 atom stereocenters.